The molecule has 0 amide bonds. The van der Waals surface area contributed by atoms with Crippen LogP contribution in [0.15, 0.2) is 42.5 Å². The Bertz CT molecular complexity index is 1090. The molecule has 0 unspecified atom stereocenters. The number of aromatic nitrogens is 3. The first-order chi connectivity index (χ1) is 14.5. The van der Waals surface area contributed by atoms with Gasteiger partial charge in [-0.1, -0.05) is 0 Å². The lowest BCUT2D eigenvalue weighted by molar-refractivity contribution is -0.137. The summed E-state index contributed by atoms with van der Waals surface area (Å²) >= 11 is 0. The van der Waals surface area contributed by atoms with Crippen LogP contribution in [-0.2, 0) is 12.7 Å². The predicted octanol–water partition coefficient (Wildman–Crippen LogP) is 5.07. The van der Waals surface area contributed by atoms with E-state index in [4.69, 9.17) is 5.26 Å². The van der Waals surface area contributed by atoms with Crippen molar-refractivity contribution in [2.24, 2.45) is 0 Å². The highest BCUT2D eigenvalue weighted by atomic mass is 19.4. The molecule has 0 aliphatic rings. The maximum Gasteiger partial charge on any atom is 0.417 e. The Labute approximate surface area is 170 Å². The molecule has 1 heterocycles. The van der Waals surface area contributed by atoms with Gasteiger partial charge in [0.25, 0.3) is 0 Å². The van der Waals surface area contributed by atoms with Crippen molar-refractivity contribution >= 4 is 5.69 Å². The molecule has 0 atom stereocenters. The van der Waals surface area contributed by atoms with Gasteiger partial charge in [-0.2, -0.15) is 31.6 Å². The Morgan fingerprint density at radius 2 is 1.65 bits per heavy atom. The molecule has 1 N–H and O–H groups in total. The molecule has 0 aliphatic heterocycles. The minimum Gasteiger partial charge on any atom is -0.355 e. The van der Waals surface area contributed by atoms with Crippen LogP contribution in [0.3, 0.4) is 0 Å². The van der Waals surface area contributed by atoms with E-state index >= 15 is 0 Å². The van der Waals surface area contributed by atoms with Crippen molar-refractivity contribution in [2.45, 2.75) is 18.9 Å². The summed E-state index contributed by atoms with van der Waals surface area (Å²) in [5.74, 6) is -0.402. The normalized spacial score (nSPS) is 11.9. The van der Waals surface area contributed by atoms with E-state index in [1.165, 1.54) is 18.2 Å². The van der Waals surface area contributed by atoms with Crippen LogP contribution >= 0.6 is 0 Å². The summed E-state index contributed by atoms with van der Waals surface area (Å²) in [6.07, 6.45) is -9.65. The fourth-order valence-electron chi connectivity index (χ4n) is 2.80. The standard InChI is InChI=1S/C19H12F7N5/c20-13-4-1-11(2-5-13)17-28-16(29-30-17)9-31(10-18(21,22)23)14-6-3-12(8-27)15(7-14)19(24,25)26/h1-7H,9-10H2,(H,28,29,30). The van der Waals surface area contributed by atoms with Gasteiger partial charge in [0, 0.05) is 11.3 Å². The van der Waals surface area contributed by atoms with Gasteiger partial charge in [0.05, 0.1) is 23.7 Å². The molecule has 3 aromatic rings. The molecule has 5 nitrogen and oxygen atoms in total. The number of H-pyrrole nitrogens is 1. The number of rotatable bonds is 5. The molecule has 2 aromatic carbocycles. The summed E-state index contributed by atoms with van der Waals surface area (Å²) in [6, 6.07) is 8.74. The summed E-state index contributed by atoms with van der Waals surface area (Å²) in [6.45, 7) is -2.11. The van der Waals surface area contributed by atoms with Gasteiger partial charge < -0.3 is 9.88 Å². The molecular weight excluding hydrogens is 431 g/mol. The highest BCUT2D eigenvalue weighted by Crippen LogP contribution is 2.35. The molecule has 0 radical (unpaired) electrons. The highest BCUT2D eigenvalue weighted by molar-refractivity contribution is 5.56. The minimum atomic E-state index is -4.92. The second kappa shape index (κ2) is 8.25. The molecule has 3 rings (SSSR count). The van der Waals surface area contributed by atoms with Crippen molar-refractivity contribution in [1.29, 1.82) is 5.26 Å². The number of anilines is 1. The largest absolute Gasteiger partial charge is 0.417 e. The molecule has 0 aliphatic carbocycles. The van der Waals surface area contributed by atoms with Gasteiger partial charge in [0.15, 0.2) is 5.82 Å². The van der Waals surface area contributed by atoms with Gasteiger partial charge in [-0.05, 0) is 42.5 Å². The van der Waals surface area contributed by atoms with Crippen molar-refractivity contribution < 1.29 is 30.7 Å². The maximum absolute atomic E-state index is 13.2. The number of nitrogens with zero attached hydrogens (tertiary/aromatic N) is 4. The fourth-order valence-corrected chi connectivity index (χ4v) is 2.80. The molecule has 12 heteroatoms. The summed E-state index contributed by atoms with van der Waals surface area (Å²) in [5.41, 5.74) is -2.03. The minimum absolute atomic E-state index is 0.0542. The SMILES string of the molecule is N#Cc1ccc(N(Cc2nnc(-c3ccc(F)cc3)[nH]2)CC(F)(F)F)cc1C(F)(F)F. The van der Waals surface area contributed by atoms with E-state index in [9.17, 15) is 30.7 Å². The third kappa shape index (κ3) is 5.50. The first-order valence-electron chi connectivity index (χ1n) is 8.57. The molecule has 162 valence electrons. The van der Waals surface area contributed by atoms with Crippen molar-refractivity contribution in [3.63, 3.8) is 0 Å². The van der Waals surface area contributed by atoms with Crippen LogP contribution < -0.4 is 4.90 Å². The molecule has 0 spiro atoms. The molecule has 31 heavy (non-hydrogen) atoms. The van der Waals surface area contributed by atoms with Crippen LogP contribution in [0.5, 0.6) is 0 Å². The predicted molar refractivity (Wildman–Crippen MR) is 95.0 cm³/mol. The second-order valence-corrected chi connectivity index (χ2v) is 6.44. The molecule has 0 saturated carbocycles. The van der Waals surface area contributed by atoms with Crippen LogP contribution in [-0.4, -0.2) is 27.9 Å². The van der Waals surface area contributed by atoms with Gasteiger partial charge in [0.1, 0.15) is 18.2 Å². The van der Waals surface area contributed by atoms with Crippen molar-refractivity contribution in [3.05, 3.63) is 65.2 Å². The smallest absolute Gasteiger partial charge is 0.355 e. The van der Waals surface area contributed by atoms with Crippen molar-refractivity contribution in [2.75, 3.05) is 11.4 Å². The Morgan fingerprint density at radius 1 is 0.968 bits per heavy atom. The molecular formula is C19H12F7N5. The van der Waals surface area contributed by atoms with Gasteiger partial charge in [0.2, 0.25) is 0 Å². The van der Waals surface area contributed by atoms with Gasteiger partial charge in [-0.25, -0.2) is 4.39 Å². The van der Waals surface area contributed by atoms with Gasteiger partial charge >= 0.3 is 12.4 Å². The number of nitriles is 1. The maximum atomic E-state index is 13.2. The Kier molecular flexibility index (Phi) is 5.88. The average molecular weight is 443 g/mol. The van der Waals surface area contributed by atoms with E-state index in [1.54, 1.807) is 0 Å². The first kappa shape index (κ1) is 22.1. The van der Waals surface area contributed by atoms with Crippen molar-refractivity contribution in [3.8, 4) is 17.5 Å². The average Bonchev–Trinajstić information content (AvgIpc) is 3.14. The lowest BCUT2D eigenvalue weighted by Gasteiger charge is -2.26. The van der Waals surface area contributed by atoms with E-state index in [1.807, 2.05) is 0 Å². The summed E-state index contributed by atoms with van der Waals surface area (Å²) in [5, 5.41) is 16.4. The Hall–Kier alpha value is -3.62. The lowest BCUT2D eigenvalue weighted by Crippen LogP contribution is -2.34. The van der Waals surface area contributed by atoms with Crippen LogP contribution in [0.25, 0.3) is 11.4 Å². The second-order valence-electron chi connectivity index (χ2n) is 6.44. The number of benzene rings is 2. The fraction of sp³-hybridized carbons (Fsp3) is 0.211. The van der Waals surface area contributed by atoms with Crippen LogP contribution in [0.2, 0.25) is 0 Å². The quantitative estimate of drug-likeness (QED) is 0.559. The van der Waals surface area contributed by atoms with E-state index in [0.717, 1.165) is 24.3 Å². The number of halogens is 7. The number of hydrogen-bond donors (Lipinski definition) is 1. The van der Waals surface area contributed by atoms with Gasteiger partial charge in [-0.15, -0.1) is 10.2 Å². The highest BCUT2D eigenvalue weighted by Gasteiger charge is 2.36. The number of alkyl halides is 6. The van der Waals surface area contributed by atoms with E-state index in [2.05, 4.69) is 15.2 Å². The van der Waals surface area contributed by atoms with Gasteiger partial charge in [-0.3, -0.25) is 0 Å². The summed E-state index contributed by atoms with van der Waals surface area (Å²) < 4.78 is 91.9. The van der Waals surface area contributed by atoms with Crippen LogP contribution in [0.4, 0.5) is 36.4 Å². The summed E-state index contributed by atoms with van der Waals surface area (Å²) in [7, 11) is 0. The summed E-state index contributed by atoms with van der Waals surface area (Å²) in [4.78, 5) is 3.30. The third-order valence-electron chi connectivity index (χ3n) is 4.16. The monoisotopic (exact) mass is 443 g/mol. The van der Waals surface area contributed by atoms with E-state index in [-0.39, 0.29) is 11.6 Å². The number of nitrogens with one attached hydrogen (secondary N) is 1. The topological polar surface area (TPSA) is 68.6 Å². The number of aromatic amines is 1. The zero-order valence-electron chi connectivity index (χ0n) is 15.4. The third-order valence-corrected chi connectivity index (χ3v) is 4.16. The zero-order valence-corrected chi connectivity index (χ0v) is 15.4. The molecule has 1 aromatic heterocycles. The first-order valence-corrected chi connectivity index (χ1v) is 8.57. The zero-order chi connectivity index (χ0) is 22.8. The molecule has 0 bridgehead atoms. The lowest BCUT2D eigenvalue weighted by atomic mass is 10.1. The van der Waals surface area contributed by atoms with E-state index in [0.29, 0.717) is 16.5 Å². The number of hydrogen-bond acceptors (Lipinski definition) is 4. The Balaban J connectivity index is 1.94. The van der Waals surface area contributed by atoms with Crippen LogP contribution in [0.1, 0.15) is 17.0 Å². The Morgan fingerprint density at radius 3 is 2.23 bits per heavy atom. The van der Waals surface area contributed by atoms with E-state index < -0.39 is 48.1 Å². The molecule has 0 saturated heterocycles. The van der Waals surface area contributed by atoms with Crippen molar-refractivity contribution in [1.82, 2.24) is 15.2 Å². The molecule has 0 fully saturated rings. The van der Waals surface area contributed by atoms with Crippen LogP contribution in [0, 0.1) is 17.1 Å².